The van der Waals surface area contributed by atoms with E-state index in [9.17, 15) is 14.3 Å². The van der Waals surface area contributed by atoms with E-state index in [2.05, 4.69) is 5.32 Å². The lowest BCUT2D eigenvalue weighted by Gasteiger charge is -2.12. The normalized spacial score (nSPS) is 11.7. The van der Waals surface area contributed by atoms with Crippen LogP contribution in [0.3, 0.4) is 0 Å². The quantitative estimate of drug-likeness (QED) is 0.855. The van der Waals surface area contributed by atoms with Gasteiger partial charge in [0.1, 0.15) is 0 Å². The van der Waals surface area contributed by atoms with E-state index in [-0.39, 0.29) is 18.9 Å². The minimum atomic E-state index is -0.788. The first-order valence-corrected chi connectivity index (χ1v) is 6.54. The first-order valence-electron chi connectivity index (χ1n) is 6.54. The molecule has 110 valence electrons. The number of carbonyl (C=O) groups excluding carboxylic acids is 1. The van der Waals surface area contributed by atoms with Gasteiger partial charge in [0.05, 0.1) is 6.10 Å². The standard InChI is InChI=1S/C16H16FNO3/c17-13-8-4-5-9-15(13)21-11-16(20)18-10-14(19)12-6-2-1-3-7-12/h1-9,14,19H,10-11H2,(H,18,20). The molecule has 0 heterocycles. The molecule has 1 atom stereocenters. The fourth-order valence-corrected chi connectivity index (χ4v) is 1.76. The number of carbonyl (C=O) groups is 1. The number of benzene rings is 2. The van der Waals surface area contributed by atoms with Crippen LogP contribution in [-0.4, -0.2) is 24.2 Å². The van der Waals surface area contributed by atoms with Gasteiger partial charge in [-0.05, 0) is 17.7 Å². The summed E-state index contributed by atoms with van der Waals surface area (Å²) < 4.78 is 18.3. The van der Waals surface area contributed by atoms with Crippen LogP contribution in [0, 0.1) is 5.82 Å². The van der Waals surface area contributed by atoms with Gasteiger partial charge < -0.3 is 15.2 Å². The average Bonchev–Trinajstić information content (AvgIpc) is 2.52. The van der Waals surface area contributed by atoms with E-state index in [0.717, 1.165) is 0 Å². The number of aliphatic hydroxyl groups excluding tert-OH is 1. The predicted molar refractivity (Wildman–Crippen MR) is 76.3 cm³/mol. The Balaban J connectivity index is 1.76. The van der Waals surface area contributed by atoms with Crippen molar-refractivity contribution in [2.45, 2.75) is 6.10 Å². The molecule has 2 aromatic rings. The lowest BCUT2D eigenvalue weighted by atomic mass is 10.1. The summed E-state index contributed by atoms with van der Waals surface area (Å²) in [6.45, 7) is -0.230. The molecule has 0 fully saturated rings. The van der Waals surface area contributed by atoms with Gasteiger partial charge in [-0.2, -0.15) is 0 Å². The number of aliphatic hydroxyl groups is 1. The second-order valence-electron chi connectivity index (χ2n) is 4.45. The highest BCUT2D eigenvalue weighted by molar-refractivity contribution is 5.77. The Morgan fingerprint density at radius 1 is 1.14 bits per heavy atom. The molecule has 0 bridgehead atoms. The van der Waals surface area contributed by atoms with E-state index in [1.807, 2.05) is 18.2 Å². The van der Waals surface area contributed by atoms with E-state index < -0.39 is 17.8 Å². The second kappa shape index (κ2) is 7.40. The van der Waals surface area contributed by atoms with Crippen LogP contribution in [-0.2, 0) is 4.79 Å². The summed E-state index contributed by atoms with van der Waals surface area (Å²) in [5.41, 5.74) is 0.716. The number of hydrogen-bond donors (Lipinski definition) is 2. The maximum Gasteiger partial charge on any atom is 0.258 e. The lowest BCUT2D eigenvalue weighted by Crippen LogP contribution is -2.32. The minimum Gasteiger partial charge on any atom is -0.481 e. The molecule has 0 saturated heterocycles. The van der Waals surface area contributed by atoms with E-state index in [0.29, 0.717) is 5.56 Å². The third-order valence-corrected chi connectivity index (χ3v) is 2.87. The first-order chi connectivity index (χ1) is 10.2. The van der Waals surface area contributed by atoms with Crippen molar-refractivity contribution >= 4 is 5.91 Å². The molecule has 0 radical (unpaired) electrons. The summed E-state index contributed by atoms with van der Waals surface area (Å²) in [6, 6.07) is 14.9. The Kier molecular flexibility index (Phi) is 5.29. The van der Waals surface area contributed by atoms with Crippen molar-refractivity contribution in [1.82, 2.24) is 5.32 Å². The number of rotatable bonds is 6. The minimum absolute atomic E-state index is 0.0243. The van der Waals surface area contributed by atoms with E-state index >= 15 is 0 Å². The van der Waals surface area contributed by atoms with Crippen molar-refractivity contribution in [3.63, 3.8) is 0 Å². The highest BCUT2D eigenvalue weighted by atomic mass is 19.1. The largest absolute Gasteiger partial charge is 0.481 e. The maximum atomic E-state index is 13.3. The van der Waals surface area contributed by atoms with E-state index in [4.69, 9.17) is 4.74 Å². The van der Waals surface area contributed by atoms with Crippen LogP contribution in [0.1, 0.15) is 11.7 Å². The van der Waals surface area contributed by atoms with Gasteiger partial charge in [-0.1, -0.05) is 42.5 Å². The molecule has 0 aromatic heterocycles. The third kappa shape index (κ3) is 4.57. The van der Waals surface area contributed by atoms with Crippen LogP contribution in [0.4, 0.5) is 4.39 Å². The molecule has 0 aliphatic rings. The zero-order valence-electron chi connectivity index (χ0n) is 11.3. The molecule has 0 aliphatic carbocycles. The second-order valence-corrected chi connectivity index (χ2v) is 4.45. The molecule has 0 spiro atoms. The summed E-state index contributed by atoms with van der Waals surface area (Å²) >= 11 is 0. The van der Waals surface area contributed by atoms with Crippen molar-refractivity contribution in [1.29, 1.82) is 0 Å². The zero-order chi connectivity index (χ0) is 15.1. The van der Waals surface area contributed by atoms with Gasteiger partial charge in [0, 0.05) is 6.54 Å². The fraction of sp³-hybridized carbons (Fsp3) is 0.188. The monoisotopic (exact) mass is 289 g/mol. The molecular weight excluding hydrogens is 273 g/mol. The van der Waals surface area contributed by atoms with Crippen molar-refractivity contribution in [2.75, 3.05) is 13.2 Å². The van der Waals surface area contributed by atoms with Gasteiger partial charge in [0.15, 0.2) is 18.2 Å². The first kappa shape index (κ1) is 15.0. The number of nitrogens with one attached hydrogen (secondary N) is 1. The summed E-state index contributed by atoms with van der Waals surface area (Å²) in [5, 5.41) is 12.4. The zero-order valence-corrected chi connectivity index (χ0v) is 11.3. The maximum absolute atomic E-state index is 13.3. The molecule has 1 amide bonds. The summed E-state index contributed by atoms with van der Waals surface area (Å²) in [6.07, 6.45) is -0.788. The van der Waals surface area contributed by atoms with Crippen LogP contribution in [0.15, 0.2) is 54.6 Å². The van der Waals surface area contributed by atoms with Gasteiger partial charge in [-0.25, -0.2) is 4.39 Å². The number of hydrogen-bond acceptors (Lipinski definition) is 3. The van der Waals surface area contributed by atoms with Crippen molar-refractivity contribution in [3.8, 4) is 5.75 Å². The Bertz CT molecular complexity index is 589. The van der Waals surface area contributed by atoms with Crippen molar-refractivity contribution < 1.29 is 19.0 Å². The lowest BCUT2D eigenvalue weighted by molar-refractivity contribution is -0.123. The Morgan fingerprint density at radius 2 is 1.81 bits per heavy atom. The van der Waals surface area contributed by atoms with Gasteiger partial charge in [0.25, 0.3) is 5.91 Å². The van der Waals surface area contributed by atoms with Gasteiger partial charge in [-0.15, -0.1) is 0 Å². The van der Waals surface area contributed by atoms with Crippen LogP contribution >= 0.6 is 0 Å². The van der Waals surface area contributed by atoms with Crippen LogP contribution in [0.25, 0.3) is 0 Å². The summed E-state index contributed by atoms with van der Waals surface area (Å²) in [4.78, 5) is 11.6. The van der Waals surface area contributed by atoms with Gasteiger partial charge in [-0.3, -0.25) is 4.79 Å². The molecule has 0 saturated carbocycles. The predicted octanol–water partition coefficient (Wildman–Crippen LogP) is 2.05. The Labute approximate surface area is 122 Å². The molecule has 2 rings (SSSR count). The number of amides is 1. The average molecular weight is 289 g/mol. The van der Waals surface area contributed by atoms with Crippen LogP contribution < -0.4 is 10.1 Å². The van der Waals surface area contributed by atoms with Crippen LogP contribution in [0.5, 0.6) is 5.75 Å². The Hall–Kier alpha value is -2.40. The third-order valence-electron chi connectivity index (χ3n) is 2.87. The van der Waals surface area contributed by atoms with Crippen molar-refractivity contribution in [2.24, 2.45) is 0 Å². The molecule has 2 N–H and O–H groups in total. The SMILES string of the molecule is O=C(COc1ccccc1F)NCC(O)c1ccccc1. The molecule has 21 heavy (non-hydrogen) atoms. The molecule has 5 heteroatoms. The smallest absolute Gasteiger partial charge is 0.258 e. The summed E-state index contributed by atoms with van der Waals surface area (Å²) in [5.74, 6) is -0.917. The molecule has 1 unspecified atom stereocenters. The molecule has 4 nitrogen and oxygen atoms in total. The molecule has 0 aliphatic heterocycles. The van der Waals surface area contributed by atoms with Gasteiger partial charge in [0.2, 0.25) is 0 Å². The highest BCUT2D eigenvalue weighted by Crippen LogP contribution is 2.15. The molecule has 2 aromatic carbocycles. The Morgan fingerprint density at radius 3 is 2.52 bits per heavy atom. The topological polar surface area (TPSA) is 58.6 Å². The van der Waals surface area contributed by atoms with E-state index in [1.165, 1.54) is 12.1 Å². The van der Waals surface area contributed by atoms with Crippen LogP contribution in [0.2, 0.25) is 0 Å². The molecular formula is C16H16FNO3. The number of halogens is 1. The van der Waals surface area contributed by atoms with E-state index in [1.54, 1.807) is 24.3 Å². The highest BCUT2D eigenvalue weighted by Gasteiger charge is 2.10. The fourth-order valence-electron chi connectivity index (χ4n) is 1.76. The number of para-hydroxylation sites is 1. The van der Waals surface area contributed by atoms with Gasteiger partial charge >= 0.3 is 0 Å². The van der Waals surface area contributed by atoms with Crippen molar-refractivity contribution in [3.05, 3.63) is 66.0 Å². The number of ether oxygens (including phenoxy) is 1. The summed E-state index contributed by atoms with van der Waals surface area (Å²) in [7, 11) is 0.